The molecule has 0 radical (unpaired) electrons. The summed E-state index contributed by atoms with van der Waals surface area (Å²) in [6, 6.07) is 11.2. The van der Waals surface area contributed by atoms with Crippen molar-refractivity contribution in [3.8, 4) is 11.5 Å². The van der Waals surface area contributed by atoms with Crippen molar-refractivity contribution in [3.05, 3.63) is 48.0 Å². The number of anilines is 1. The van der Waals surface area contributed by atoms with Crippen molar-refractivity contribution in [2.45, 2.75) is 25.7 Å². The van der Waals surface area contributed by atoms with Crippen LogP contribution in [0.3, 0.4) is 0 Å². The molecule has 0 aliphatic rings. The molecule has 0 aliphatic carbocycles. The van der Waals surface area contributed by atoms with Gasteiger partial charge in [0.05, 0.1) is 24.2 Å². The Kier molecular flexibility index (Phi) is 7.42. The molecule has 1 N–H and O–H groups in total. The molecule has 0 spiro atoms. The molecule has 0 atom stereocenters. The van der Waals surface area contributed by atoms with Crippen LogP contribution in [-0.2, 0) is 10.0 Å². The van der Waals surface area contributed by atoms with Crippen LogP contribution in [0.5, 0.6) is 11.5 Å². The number of hydrogen-bond acceptors (Lipinski definition) is 5. The Hall–Kier alpha value is -2.58. The molecule has 2 aromatic carbocycles. The van der Waals surface area contributed by atoms with Crippen molar-refractivity contribution in [1.29, 1.82) is 0 Å². The van der Waals surface area contributed by atoms with Crippen molar-refractivity contribution < 1.29 is 22.7 Å². The predicted octanol–water partition coefficient (Wildman–Crippen LogP) is 3.38. The monoisotopic (exact) mass is 406 g/mol. The van der Waals surface area contributed by atoms with Gasteiger partial charge in [0.15, 0.2) is 0 Å². The van der Waals surface area contributed by atoms with Gasteiger partial charge in [-0.15, -0.1) is 0 Å². The quantitative estimate of drug-likeness (QED) is 0.690. The molecule has 0 heterocycles. The maximum atomic E-state index is 12.8. The fourth-order valence-electron chi connectivity index (χ4n) is 2.74. The highest BCUT2D eigenvalue weighted by atomic mass is 32.2. The first-order chi connectivity index (χ1) is 13.4. The maximum absolute atomic E-state index is 12.8. The minimum atomic E-state index is -3.69. The van der Waals surface area contributed by atoms with E-state index in [1.165, 1.54) is 29.6 Å². The summed E-state index contributed by atoms with van der Waals surface area (Å²) in [6.45, 7) is 6.67. The fraction of sp³-hybridized carbons (Fsp3) is 0.350. The van der Waals surface area contributed by atoms with E-state index in [4.69, 9.17) is 9.47 Å². The lowest BCUT2D eigenvalue weighted by Gasteiger charge is -2.19. The number of hydrogen-bond donors (Lipinski definition) is 1. The highest BCUT2D eigenvalue weighted by molar-refractivity contribution is 7.89. The second-order valence-electron chi connectivity index (χ2n) is 5.86. The molecule has 0 fully saturated rings. The normalized spacial score (nSPS) is 11.3. The van der Waals surface area contributed by atoms with Gasteiger partial charge in [0.1, 0.15) is 11.5 Å². The van der Waals surface area contributed by atoms with Crippen LogP contribution >= 0.6 is 0 Å². The number of carbonyl (C=O) groups is 1. The first-order valence-electron chi connectivity index (χ1n) is 9.09. The minimum Gasteiger partial charge on any atom is -0.496 e. The van der Waals surface area contributed by atoms with Gasteiger partial charge >= 0.3 is 0 Å². The molecule has 0 saturated heterocycles. The van der Waals surface area contributed by atoms with Gasteiger partial charge < -0.3 is 14.8 Å². The highest BCUT2D eigenvalue weighted by Gasteiger charge is 2.24. The molecule has 2 aromatic rings. The first-order valence-corrected chi connectivity index (χ1v) is 10.5. The molecule has 8 heteroatoms. The Morgan fingerprint density at radius 1 is 1.04 bits per heavy atom. The third-order valence-corrected chi connectivity index (χ3v) is 6.23. The maximum Gasteiger partial charge on any atom is 0.259 e. The number of methoxy groups -OCH3 is 1. The number of benzene rings is 2. The van der Waals surface area contributed by atoms with Crippen LogP contribution < -0.4 is 14.8 Å². The van der Waals surface area contributed by atoms with E-state index in [2.05, 4.69) is 5.32 Å². The van der Waals surface area contributed by atoms with Gasteiger partial charge in [0.2, 0.25) is 10.0 Å². The Balaban J connectivity index is 2.34. The summed E-state index contributed by atoms with van der Waals surface area (Å²) in [4.78, 5) is 12.8. The lowest BCUT2D eigenvalue weighted by Crippen LogP contribution is -2.30. The van der Waals surface area contributed by atoms with Crippen molar-refractivity contribution in [2.75, 3.05) is 32.1 Å². The van der Waals surface area contributed by atoms with E-state index in [0.717, 1.165) is 0 Å². The van der Waals surface area contributed by atoms with E-state index in [0.29, 0.717) is 36.9 Å². The minimum absolute atomic E-state index is 0.0499. The standard InChI is InChI=1S/C20H26N2O5S/c1-5-22(6-2)28(24,25)17-12-13-19(26-4)18(14-17)20(23)21-15-8-10-16(11-9-15)27-7-3/h8-14H,5-7H2,1-4H3,(H,21,23). The van der Waals surface area contributed by atoms with Gasteiger partial charge in [0, 0.05) is 18.8 Å². The van der Waals surface area contributed by atoms with Gasteiger partial charge in [-0.05, 0) is 49.4 Å². The van der Waals surface area contributed by atoms with Crippen LogP contribution in [-0.4, -0.2) is 45.4 Å². The van der Waals surface area contributed by atoms with Crippen molar-refractivity contribution in [2.24, 2.45) is 0 Å². The van der Waals surface area contributed by atoms with Crippen molar-refractivity contribution in [1.82, 2.24) is 4.31 Å². The van der Waals surface area contributed by atoms with Crippen LogP contribution in [0.25, 0.3) is 0 Å². The number of nitrogens with zero attached hydrogens (tertiary/aromatic N) is 1. The Morgan fingerprint density at radius 2 is 1.68 bits per heavy atom. The number of carbonyl (C=O) groups excluding carboxylic acids is 1. The van der Waals surface area contributed by atoms with Gasteiger partial charge in [-0.2, -0.15) is 4.31 Å². The summed E-state index contributed by atoms with van der Waals surface area (Å²) in [6.07, 6.45) is 0. The van der Waals surface area contributed by atoms with Gasteiger partial charge in [0.25, 0.3) is 5.91 Å². The van der Waals surface area contributed by atoms with Crippen LogP contribution in [0.2, 0.25) is 0 Å². The SMILES string of the molecule is CCOc1ccc(NC(=O)c2cc(S(=O)(=O)N(CC)CC)ccc2OC)cc1. The fourth-order valence-corrected chi connectivity index (χ4v) is 4.22. The summed E-state index contributed by atoms with van der Waals surface area (Å²) < 4.78 is 37.5. The second kappa shape index (κ2) is 9.57. The molecule has 7 nitrogen and oxygen atoms in total. The lowest BCUT2D eigenvalue weighted by molar-refractivity contribution is 0.102. The zero-order chi connectivity index (χ0) is 20.7. The number of sulfonamides is 1. The zero-order valence-electron chi connectivity index (χ0n) is 16.6. The molecule has 152 valence electrons. The summed E-state index contributed by atoms with van der Waals surface area (Å²) in [5.74, 6) is 0.532. The summed E-state index contributed by atoms with van der Waals surface area (Å²) >= 11 is 0. The van der Waals surface area contributed by atoms with E-state index < -0.39 is 15.9 Å². The number of amides is 1. The third-order valence-electron chi connectivity index (χ3n) is 4.18. The van der Waals surface area contributed by atoms with Crippen LogP contribution in [0.4, 0.5) is 5.69 Å². The highest BCUT2D eigenvalue weighted by Crippen LogP contribution is 2.26. The molecule has 1 amide bonds. The Morgan fingerprint density at radius 3 is 2.21 bits per heavy atom. The molecule has 0 unspecified atom stereocenters. The average Bonchev–Trinajstić information content (AvgIpc) is 2.69. The van der Waals surface area contributed by atoms with Gasteiger partial charge in [-0.3, -0.25) is 4.79 Å². The van der Waals surface area contributed by atoms with Crippen molar-refractivity contribution in [3.63, 3.8) is 0 Å². The van der Waals surface area contributed by atoms with Crippen LogP contribution in [0, 0.1) is 0 Å². The van der Waals surface area contributed by atoms with Crippen molar-refractivity contribution >= 4 is 21.6 Å². The lowest BCUT2D eigenvalue weighted by atomic mass is 10.2. The predicted molar refractivity (Wildman–Crippen MR) is 109 cm³/mol. The molecule has 0 aliphatic heterocycles. The van der Waals surface area contributed by atoms with E-state index in [1.807, 2.05) is 6.92 Å². The summed E-state index contributed by atoms with van der Waals surface area (Å²) in [5.41, 5.74) is 0.706. The summed E-state index contributed by atoms with van der Waals surface area (Å²) in [7, 11) is -2.25. The number of nitrogens with one attached hydrogen (secondary N) is 1. The van der Waals surface area contributed by atoms with Crippen LogP contribution in [0.1, 0.15) is 31.1 Å². The number of ether oxygens (including phenoxy) is 2. The number of rotatable bonds is 9. The second-order valence-corrected chi connectivity index (χ2v) is 7.80. The van der Waals surface area contributed by atoms with E-state index >= 15 is 0 Å². The van der Waals surface area contributed by atoms with E-state index in [-0.39, 0.29) is 10.5 Å². The molecule has 0 saturated carbocycles. The molecule has 2 rings (SSSR count). The Labute approximate surface area is 166 Å². The molecular formula is C20H26N2O5S. The molecule has 0 bridgehead atoms. The van der Waals surface area contributed by atoms with E-state index in [9.17, 15) is 13.2 Å². The average molecular weight is 407 g/mol. The largest absolute Gasteiger partial charge is 0.496 e. The molecule has 28 heavy (non-hydrogen) atoms. The zero-order valence-corrected chi connectivity index (χ0v) is 17.4. The molecule has 0 aromatic heterocycles. The van der Waals surface area contributed by atoms with Gasteiger partial charge in [-0.1, -0.05) is 13.8 Å². The third kappa shape index (κ3) is 4.82. The van der Waals surface area contributed by atoms with Crippen LogP contribution in [0.15, 0.2) is 47.4 Å². The summed E-state index contributed by atoms with van der Waals surface area (Å²) in [5, 5.41) is 2.76. The smallest absolute Gasteiger partial charge is 0.259 e. The topological polar surface area (TPSA) is 84.9 Å². The van der Waals surface area contributed by atoms with E-state index in [1.54, 1.807) is 38.1 Å². The van der Waals surface area contributed by atoms with Gasteiger partial charge in [-0.25, -0.2) is 8.42 Å². The molecular weight excluding hydrogens is 380 g/mol. The Bertz CT molecular complexity index is 907. The first kappa shape index (κ1) is 21.7.